The average Bonchev–Trinajstić information content (AvgIpc) is 2.97. The van der Waals surface area contributed by atoms with E-state index in [0.717, 1.165) is 18.4 Å². The first kappa shape index (κ1) is 13.5. The van der Waals surface area contributed by atoms with E-state index < -0.39 is 0 Å². The lowest BCUT2D eigenvalue weighted by Crippen LogP contribution is -2.35. The summed E-state index contributed by atoms with van der Waals surface area (Å²) in [5.41, 5.74) is 3.64. The third-order valence-electron chi connectivity index (χ3n) is 4.88. The SMILES string of the molecule is CN(C)C(=NC[C@@H]1C[C@]12CCc1ccccc12)N(C)C. The maximum Gasteiger partial charge on any atom is 0.195 e. The first-order valence-corrected chi connectivity index (χ1v) is 7.52. The van der Waals surface area contributed by atoms with E-state index >= 15 is 0 Å². The van der Waals surface area contributed by atoms with Gasteiger partial charge in [-0.05, 0) is 36.3 Å². The summed E-state index contributed by atoms with van der Waals surface area (Å²) < 4.78 is 0. The number of benzene rings is 1. The van der Waals surface area contributed by atoms with Crippen LogP contribution in [-0.2, 0) is 11.8 Å². The molecular weight excluding hydrogens is 246 g/mol. The number of nitrogens with zero attached hydrogens (tertiary/aromatic N) is 3. The van der Waals surface area contributed by atoms with Gasteiger partial charge in [0.15, 0.2) is 5.96 Å². The van der Waals surface area contributed by atoms with Crippen molar-refractivity contribution in [1.29, 1.82) is 0 Å². The third kappa shape index (κ3) is 2.09. The number of aliphatic imine (C=N–C) groups is 1. The largest absolute Gasteiger partial charge is 0.349 e. The van der Waals surface area contributed by atoms with E-state index in [1.165, 1.54) is 19.3 Å². The molecule has 2 aliphatic carbocycles. The Morgan fingerprint density at radius 2 is 1.90 bits per heavy atom. The maximum atomic E-state index is 4.85. The molecule has 3 heteroatoms. The highest BCUT2D eigenvalue weighted by atomic mass is 15.3. The van der Waals surface area contributed by atoms with Crippen molar-refractivity contribution in [2.45, 2.75) is 24.7 Å². The molecule has 0 unspecified atom stereocenters. The molecule has 20 heavy (non-hydrogen) atoms. The van der Waals surface area contributed by atoms with Gasteiger partial charge in [0.2, 0.25) is 0 Å². The molecular formula is C17H25N3. The van der Waals surface area contributed by atoms with Crippen LogP contribution in [-0.4, -0.2) is 50.5 Å². The molecule has 0 amide bonds. The fourth-order valence-corrected chi connectivity index (χ4v) is 3.85. The molecule has 0 N–H and O–H groups in total. The van der Waals surface area contributed by atoms with Crippen molar-refractivity contribution < 1.29 is 0 Å². The highest BCUT2D eigenvalue weighted by Gasteiger charge is 2.57. The fourth-order valence-electron chi connectivity index (χ4n) is 3.85. The van der Waals surface area contributed by atoms with E-state index in [0.29, 0.717) is 5.41 Å². The molecule has 0 bridgehead atoms. The van der Waals surface area contributed by atoms with Crippen molar-refractivity contribution in [2.75, 3.05) is 34.7 Å². The molecule has 1 aromatic carbocycles. The predicted molar refractivity (Wildman–Crippen MR) is 84.2 cm³/mol. The zero-order valence-corrected chi connectivity index (χ0v) is 13.1. The monoisotopic (exact) mass is 271 g/mol. The Labute approximate surface area is 122 Å². The van der Waals surface area contributed by atoms with Gasteiger partial charge in [-0.15, -0.1) is 0 Å². The fraction of sp³-hybridized carbons (Fsp3) is 0.588. The van der Waals surface area contributed by atoms with Gasteiger partial charge in [0.25, 0.3) is 0 Å². The zero-order valence-electron chi connectivity index (χ0n) is 13.1. The van der Waals surface area contributed by atoms with Crippen LogP contribution >= 0.6 is 0 Å². The molecule has 0 saturated heterocycles. The van der Waals surface area contributed by atoms with Crippen LogP contribution in [0.4, 0.5) is 0 Å². The van der Waals surface area contributed by atoms with E-state index in [-0.39, 0.29) is 0 Å². The molecule has 0 heterocycles. The lowest BCUT2D eigenvalue weighted by atomic mass is 9.95. The van der Waals surface area contributed by atoms with Crippen molar-refractivity contribution in [3.63, 3.8) is 0 Å². The van der Waals surface area contributed by atoms with Gasteiger partial charge >= 0.3 is 0 Å². The summed E-state index contributed by atoms with van der Waals surface area (Å²) in [6.45, 7) is 0.958. The highest BCUT2D eigenvalue weighted by molar-refractivity contribution is 5.79. The number of rotatable bonds is 2. The van der Waals surface area contributed by atoms with Crippen LogP contribution in [0.5, 0.6) is 0 Å². The van der Waals surface area contributed by atoms with Gasteiger partial charge in [0.1, 0.15) is 0 Å². The van der Waals surface area contributed by atoms with Crippen molar-refractivity contribution in [3.8, 4) is 0 Å². The van der Waals surface area contributed by atoms with E-state index in [1.807, 2.05) is 0 Å². The van der Waals surface area contributed by atoms with Gasteiger partial charge in [0.05, 0.1) is 0 Å². The van der Waals surface area contributed by atoms with Crippen LogP contribution in [0.3, 0.4) is 0 Å². The summed E-state index contributed by atoms with van der Waals surface area (Å²) in [4.78, 5) is 9.03. The van der Waals surface area contributed by atoms with Gasteiger partial charge in [-0.2, -0.15) is 0 Å². The van der Waals surface area contributed by atoms with Crippen molar-refractivity contribution >= 4 is 5.96 Å². The Hall–Kier alpha value is -1.51. The van der Waals surface area contributed by atoms with E-state index in [9.17, 15) is 0 Å². The van der Waals surface area contributed by atoms with E-state index in [4.69, 9.17) is 4.99 Å². The Kier molecular flexibility index (Phi) is 3.23. The molecule has 1 saturated carbocycles. The maximum absolute atomic E-state index is 4.85. The Morgan fingerprint density at radius 1 is 1.20 bits per heavy atom. The summed E-state index contributed by atoms with van der Waals surface area (Å²) in [6.07, 6.45) is 3.90. The molecule has 1 fully saturated rings. The lowest BCUT2D eigenvalue weighted by molar-refractivity contribution is 0.476. The Bertz CT molecular complexity index is 523. The summed E-state index contributed by atoms with van der Waals surface area (Å²) in [5.74, 6) is 1.80. The van der Waals surface area contributed by atoms with E-state index in [2.05, 4.69) is 62.3 Å². The average molecular weight is 271 g/mol. The first-order chi connectivity index (χ1) is 9.54. The molecule has 0 aromatic heterocycles. The summed E-state index contributed by atoms with van der Waals surface area (Å²) in [6, 6.07) is 9.00. The van der Waals surface area contributed by atoms with Crippen molar-refractivity contribution in [3.05, 3.63) is 35.4 Å². The van der Waals surface area contributed by atoms with Gasteiger partial charge in [0, 0.05) is 40.2 Å². The van der Waals surface area contributed by atoms with Gasteiger partial charge in [-0.3, -0.25) is 4.99 Å². The summed E-state index contributed by atoms with van der Waals surface area (Å²) in [7, 11) is 8.25. The Morgan fingerprint density at radius 3 is 2.60 bits per heavy atom. The summed E-state index contributed by atoms with van der Waals surface area (Å²) >= 11 is 0. The molecule has 108 valence electrons. The summed E-state index contributed by atoms with van der Waals surface area (Å²) in [5, 5.41) is 0. The topological polar surface area (TPSA) is 18.8 Å². The second-order valence-corrected chi connectivity index (χ2v) is 6.64. The van der Waals surface area contributed by atoms with Crippen molar-refractivity contribution in [2.24, 2.45) is 10.9 Å². The van der Waals surface area contributed by atoms with Gasteiger partial charge < -0.3 is 9.80 Å². The molecule has 0 aliphatic heterocycles. The smallest absolute Gasteiger partial charge is 0.195 e. The third-order valence-corrected chi connectivity index (χ3v) is 4.88. The normalized spacial score (nSPS) is 26.3. The highest BCUT2D eigenvalue weighted by Crippen LogP contribution is 2.61. The van der Waals surface area contributed by atoms with Crippen LogP contribution < -0.4 is 0 Å². The minimum absolute atomic E-state index is 0.462. The number of hydrogen-bond acceptors (Lipinski definition) is 1. The van der Waals surface area contributed by atoms with Gasteiger partial charge in [-0.1, -0.05) is 24.3 Å². The van der Waals surface area contributed by atoms with Crippen LogP contribution in [0.15, 0.2) is 29.3 Å². The second kappa shape index (κ2) is 4.80. The van der Waals surface area contributed by atoms with Gasteiger partial charge in [-0.25, -0.2) is 0 Å². The zero-order chi connectivity index (χ0) is 14.3. The Balaban J connectivity index is 1.73. The number of aryl methyl sites for hydroxylation is 1. The van der Waals surface area contributed by atoms with Crippen LogP contribution in [0.1, 0.15) is 24.0 Å². The lowest BCUT2D eigenvalue weighted by Gasteiger charge is -2.22. The minimum Gasteiger partial charge on any atom is -0.349 e. The molecule has 2 atom stereocenters. The number of hydrogen-bond donors (Lipinski definition) is 0. The van der Waals surface area contributed by atoms with Crippen LogP contribution in [0, 0.1) is 5.92 Å². The van der Waals surface area contributed by atoms with E-state index in [1.54, 1.807) is 11.1 Å². The number of fused-ring (bicyclic) bond motifs is 2. The molecule has 2 aliphatic rings. The first-order valence-electron chi connectivity index (χ1n) is 7.52. The molecule has 0 radical (unpaired) electrons. The minimum atomic E-state index is 0.462. The van der Waals surface area contributed by atoms with Crippen molar-refractivity contribution in [1.82, 2.24) is 9.80 Å². The van der Waals surface area contributed by atoms with Crippen LogP contribution in [0.2, 0.25) is 0 Å². The molecule has 1 aromatic rings. The second-order valence-electron chi connectivity index (χ2n) is 6.64. The van der Waals surface area contributed by atoms with Crippen LogP contribution in [0.25, 0.3) is 0 Å². The molecule has 1 spiro atoms. The standard InChI is InChI=1S/C17H25N3/c1-19(2)16(20(3)4)18-12-14-11-17(14)10-9-13-7-5-6-8-15(13)17/h5-8,14H,9-12H2,1-4H3/t14-,17+/m0/s1. The predicted octanol–water partition coefficient (Wildman–Crippen LogP) is 2.37. The number of guanidine groups is 1. The quantitative estimate of drug-likeness (QED) is 0.607. The molecule has 3 nitrogen and oxygen atoms in total. The molecule has 3 rings (SSSR count).